The van der Waals surface area contributed by atoms with Gasteiger partial charge in [-0.05, 0) is 36.8 Å². The molecule has 0 aromatic heterocycles. The Kier molecular flexibility index (Phi) is 3.55. The van der Waals surface area contributed by atoms with E-state index in [1.165, 1.54) is 18.2 Å². The lowest BCUT2D eigenvalue weighted by atomic mass is 10.1. The molecule has 0 radical (unpaired) electrons. The zero-order valence-corrected chi connectivity index (χ0v) is 12.1. The van der Waals surface area contributed by atoms with Gasteiger partial charge >= 0.3 is 12.4 Å². The van der Waals surface area contributed by atoms with E-state index in [2.05, 4.69) is 9.47 Å². The van der Waals surface area contributed by atoms with Crippen molar-refractivity contribution < 1.29 is 28.2 Å². The molecule has 0 bridgehead atoms. The minimum atomic E-state index is -3.70. The Balaban J connectivity index is 1.93. The minimum Gasteiger partial charge on any atom is -0.465 e. The Morgan fingerprint density at radius 1 is 1.13 bits per heavy atom. The van der Waals surface area contributed by atoms with Crippen LogP contribution >= 0.6 is 0 Å². The van der Waals surface area contributed by atoms with Gasteiger partial charge in [0.2, 0.25) is 0 Å². The maximum Gasteiger partial charge on any atom is 0.586 e. The monoisotopic (exact) mass is 321 g/mol. The number of carboxylic acid groups (broad SMARTS) is 1. The number of benzene rings is 2. The number of amides is 1. The fraction of sp³-hybridized carbons (Fsp3) is 0.188. The van der Waals surface area contributed by atoms with Crippen LogP contribution in [0.3, 0.4) is 0 Å². The Labute approximate surface area is 130 Å². The van der Waals surface area contributed by atoms with Crippen LogP contribution in [0.2, 0.25) is 0 Å². The van der Waals surface area contributed by atoms with Gasteiger partial charge in [0.1, 0.15) is 0 Å². The van der Waals surface area contributed by atoms with E-state index in [1.54, 1.807) is 37.3 Å². The summed E-state index contributed by atoms with van der Waals surface area (Å²) >= 11 is 0. The molecule has 0 aliphatic carbocycles. The average Bonchev–Trinajstić information content (AvgIpc) is 2.80. The summed E-state index contributed by atoms with van der Waals surface area (Å²) in [7, 11) is 0. The molecule has 2 aromatic carbocycles. The molecule has 0 fully saturated rings. The Morgan fingerprint density at radius 3 is 2.43 bits per heavy atom. The van der Waals surface area contributed by atoms with Gasteiger partial charge in [-0.3, -0.25) is 4.90 Å². The van der Waals surface area contributed by atoms with Crippen LogP contribution in [0, 0.1) is 0 Å². The Morgan fingerprint density at radius 2 is 1.78 bits per heavy atom. The number of carbonyl (C=O) groups is 1. The van der Waals surface area contributed by atoms with Gasteiger partial charge in [0.05, 0.1) is 6.04 Å². The maximum absolute atomic E-state index is 13.1. The fourth-order valence-electron chi connectivity index (χ4n) is 2.46. The molecule has 1 N–H and O–H groups in total. The summed E-state index contributed by atoms with van der Waals surface area (Å²) in [5.41, 5.74) is 0.992. The van der Waals surface area contributed by atoms with E-state index in [0.717, 1.165) is 4.90 Å². The van der Waals surface area contributed by atoms with Gasteiger partial charge in [-0.1, -0.05) is 24.3 Å². The zero-order chi connectivity index (χ0) is 16.6. The highest BCUT2D eigenvalue weighted by Crippen LogP contribution is 2.42. The van der Waals surface area contributed by atoms with Crippen LogP contribution in [0.15, 0.2) is 48.5 Å². The highest BCUT2D eigenvalue weighted by atomic mass is 19.3. The smallest absolute Gasteiger partial charge is 0.465 e. The van der Waals surface area contributed by atoms with Gasteiger partial charge < -0.3 is 14.6 Å². The molecule has 23 heavy (non-hydrogen) atoms. The number of alkyl halides is 2. The molecule has 3 rings (SSSR count). The average molecular weight is 321 g/mol. The molecule has 120 valence electrons. The quantitative estimate of drug-likeness (QED) is 0.918. The van der Waals surface area contributed by atoms with Crippen LogP contribution in [0.25, 0.3) is 0 Å². The predicted molar refractivity (Wildman–Crippen MR) is 78.0 cm³/mol. The summed E-state index contributed by atoms with van der Waals surface area (Å²) in [4.78, 5) is 12.8. The largest absolute Gasteiger partial charge is 0.586 e. The van der Waals surface area contributed by atoms with Gasteiger partial charge in [-0.2, -0.15) is 0 Å². The third kappa shape index (κ3) is 2.90. The second kappa shape index (κ2) is 5.42. The molecule has 0 saturated carbocycles. The van der Waals surface area contributed by atoms with E-state index in [1.807, 2.05) is 0 Å². The van der Waals surface area contributed by atoms with Crippen LogP contribution in [-0.4, -0.2) is 17.5 Å². The number of hydrogen-bond acceptors (Lipinski definition) is 3. The first kappa shape index (κ1) is 15.1. The number of halogens is 2. The predicted octanol–water partition coefficient (Wildman–Crippen LogP) is 4.25. The van der Waals surface area contributed by atoms with E-state index in [9.17, 15) is 18.7 Å². The summed E-state index contributed by atoms with van der Waals surface area (Å²) < 4.78 is 34.9. The number of fused-ring (bicyclic) bond motifs is 1. The van der Waals surface area contributed by atoms with Crippen LogP contribution in [0.5, 0.6) is 11.5 Å². The Bertz CT molecular complexity index is 736. The molecular weight excluding hydrogens is 308 g/mol. The van der Waals surface area contributed by atoms with Crippen molar-refractivity contribution in [2.45, 2.75) is 19.3 Å². The van der Waals surface area contributed by atoms with Crippen molar-refractivity contribution in [1.29, 1.82) is 0 Å². The first-order valence-electron chi connectivity index (χ1n) is 6.84. The summed E-state index contributed by atoms with van der Waals surface area (Å²) in [6.07, 6.45) is -4.84. The Hall–Kier alpha value is -2.83. The number of para-hydroxylation sites is 1. The number of nitrogens with zero attached hydrogens (tertiary/aromatic N) is 1. The summed E-state index contributed by atoms with van der Waals surface area (Å²) in [5, 5.41) is 9.48. The lowest BCUT2D eigenvalue weighted by Crippen LogP contribution is -2.32. The topological polar surface area (TPSA) is 59.0 Å². The van der Waals surface area contributed by atoms with E-state index in [4.69, 9.17) is 0 Å². The van der Waals surface area contributed by atoms with Crippen molar-refractivity contribution in [3.8, 4) is 11.5 Å². The summed E-state index contributed by atoms with van der Waals surface area (Å²) in [5.74, 6) is -0.190. The van der Waals surface area contributed by atoms with Crippen molar-refractivity contribution >= 4 is 11.8 Å². The molecule has 1 heterocycles. The molecule has 5 nitrogen and oxygen atoms in total. The molecule has 0 unspecified atom stereocenters. The lowest BCUT2D eigenvalue weighted by molar-refractivity contribution is -0.286. The third-order valence-corrected chi connectivity index (χ3v) is 3.54. The highest BCUT2D eigenvalue weighted by molar-refractivity contribution is 5.87. The normalized spacial score (nSPS) is 16.0. The SMILES string of the molecule is C[C@H](c1ccc2c(c1)OC(F)(F)O2)N(C(=O)O)c1ccccc1. The van der Waals surface area contributed by atoms with Gasteiger partial charge in [-0.15, -0.1) is 8.78 Å². The third-order valence-electron chi connectivity index (χ3n) is 3.54. The molecule has 7 heteroatoms. The van der Waals surface area contributed by atoms with Gasteiger partial charge in [-0.25, -0.2) is 4.79 Å². The maximum atomic E-state index is 13.1. The van der Waals surface area contributed by atoms with E-state index >= 15 is 0 Å². The first-order valence-corrected chi connectivity index (χ1v) is 6.84. The first-order chi connectivity index (χ1) is 10.9. The van der Waals surface area contributed by atoms with Crippen molar-refractivity contribution in [1.82, 2.24) is 0 Å². The van der Waals surface area contributed by atoms with Gasteiger partial charge in [0.25, 0.3) is 0 Å². The molecule has 1 atom stereocenters. The second-order valence-corrected chi connectivity index (χ2v) is 5.04. The molecule has 1 aliphatic heterocycles. The summed E-state index contributed by atoms with van der Waals surface area (Å²) in [6, 6.07) is 12.2. The van der Waals surface area contributed by atoms with Gasteiger partial charge in [0, 0.05) is 5.69 Å². The molecule has 1 amide bonds. The van der Waals surface area contributed by atoms with E-state index < -0.39 is 18.4 Å². The van der Waals surface area contributed by atoms with Crippen LogP contribution in [0.4, 0.5) is 19.3 Å². The van der Waals surface area contributed by atoms with E-state index in [0.29, 0.717) is 11.3 Å². The van der Waals surface area contributed by atoms with Crippen molar-refractivity contribution in [2.75, 3.05) is 4.90 Å². The van der Waals surface area contributed by atoms with Crippen molar-refractivity contribution in [2.24, 2.45) is 0 Å². The lowest BCUT2D eigenvalue weighted by Gasteiger charge is -2.27. The standard InChI is InChI=1S/C16H13F2NO4/c1-10(19(15(20)21)12-5-3-2-4-6-12)11-7-8-13-14(9-11)23-16(17,18)22-13/h2-10H,1H3,(H,20,21)/t10-/m1/s1. The summed E-state index contributed by atoms with van der Waals surface area (Å²) in [6.45, 7) is 1.66. The molecule has 2 aromatic rings. The molecular formula is C16H13F2NO4. The molecule has 1 aliphatic rings. The molecule has 0 spiro atoms. The minimum absolute atomic E-state index is 0.0764. The van der Waals surface area contributed by atoms with Crippen molar-refractivity contribution in [3.63, 3.8) is 0 Å². The zero-order valence-electron chi connectivity index (χ0n) is 12.1. The number of anilines is 1. The second-order valence-electron chi connectivity index (χ2n) is 5.04. The van der Waals surface area contributed by atoms with Gasteiger partial charge in [0.15, 0.2) is 11.5 Å². The highest BCUT2D eigenvalue weighted by Gasteiger charge is 2.43. The fourth-order valence-corrected chi connectivity index (χ4v) is 2.46. The number of ether oxygens (including phenoxy) is 2. The number of rotatable bonds is 3. The number of hydrogen-bond donors (Lipinski definition) is 1. The van der Waals surface area contributed by atoms with Crippen LogP contribution in [-0.2, 0) is 0 Å². The van der Waals surface area contributed by atoms with E-state index in [-0.39, 0.29) is 11.5 Å². The molecule has 0 saturated heterocycles. The van der Waals surface area contributed by atoms with Crippen molar-refractivity contribution in [3.05, 3.63) is 54.1 Å². The van der Waals surface area contributed by atoms with Crippen LogP contribution < -0.4 is 14.4 Å². The van der Waals surface area contributed by atoms with Crippen LogP contribution in [0.1, 0.15) is 18.5 Å².